The lowest BCUT2D eigenvalue weighted by molar-refractivity contribution is 0.625. The third-order valence-electron chi connectivity index (χ3n) is 2.94. The largest absolute Gasteiger partial charge is 0.355 e. The predicted octanol–water partition coefficient (Wildman–Crippen LogP) is 2.62. The van der Waals surface area contributed by atoms with Crippen LogP contribution in [0.1, 0.15) is 16.8 Å². The number of pyridine rings is 1. The highest BCUT2D eigenvalue weighted by Gasteiger charge is 2.06. The second-order valence-corrected chi connectivity index (χ2v) is 4.67. The third-order valence-corrected chi connectivity index (χ3v) is 2.94. The van der Waals surface area contributed by atoms with E-state index in [0.717, 1.165) is 22.6 Å². The third kappa shape index (κ3) is 3.51. The van der Waals surface area contributed by atoms with Crippen LogP contribution in [0.5, 0.6) is 0 Å². The molecule has 0 radical (unpaired) electrons. The van der Waals surface area contributed by atoms with E-state index >= 15 is 0 Å². The molecule has 3 nitrogen and oxygen atoms in total. The Bertz CT molecular complexity index is 569. The zero-order valence-corrected chi connectivity index (χ0v) is 11.2. The van der Waals surface area contributed by atoms with Crippen molar-refractivity contribution in [2.24, 2.45) is 5.73 Å². The van der Waals surface area contributed by atoms with Crippen LogP contribution in [0.3, 0.4) is 0 Å². The molecule has 1 heterocycles. The predicted molar refractivity (Wildman–Crippen MR) is 75.4 cm³/mol. The van der Waals surface area contributed by atoms with E-state index in [-0.39, 0.29) is 5.82 Å². The molecule has 0 amide bonds. The number of nitrogens with zero attached hydrogens (tertiary/aromatic N) is 2. The van der Waals surface area contributed by atoms with Crippen molar-refractivity contribution in [3.8, 4) is 0 Å². The van der Waals surface area contributed by atoms with Gasteiger partial charge in [-0.15, -0.1) is 0 Å². The molecule has 0 fully saturated rings. The molecule has 0 spiro atoms. The quantitative estimate of drug-likeness (QED) is 0.917. The van der Waals surface area contributed by atoms with Gasteiger partial charge in [0.25, 0.3) is 0 Å². The number of anilines is 1. The first-order valence-electron chi connectivity index (χ1n) is 6.21. The lowest BCUT2D eigenvalue weighted by atomic mass is 10.2. The van der Waals surface area contributed by atoms with Crippen molar-refractivity contribution in [1.82, 2.24) is 4.98 Å². The number of hydrogen-bond donors (Lipinski definition) is 1. The Morgan fingerprint density at radius 3 is 2.68 bits per heavy atom. The second kappa shape index (κ2) is 5.80. The van der Waals surface area contributed by atoms with E-state index in [9.17, 15) is 4.39 Å². The molecule has 19 heavy (non-hydrogen) atoms. The number of benzene rings is 1. The summed E-state index contributed by atoms with van der Waals surface area (Å²) < 4.78 is 13.2. The first-order valence-corrected chi connectivity index (χ1v) is 6.21. The fourth-order valence-corrected chi connectivity index (χ4v) is 2.02. The zero-order chi connectivity index (χ0) is 13.8. The molecule has 2 rings (SSSR count). The maximum atomic E-state index is 13.2. The summed E-state index contributed by atoms with van der Waals surface area (Å²) in [6, 6.07) is 10.5. The van der Waals surface area contributed by atoms with E-state index in [1.165, 1.54) is 12.1 Å². The monoisotopic (exact) mass is 259 g/mol. The maximum Gasteiger partial charge on any atom is 0.129 e. The molecule has 0 bridgehead atoms. The molecular weight excluding hydrogens is 241 g/mol. The van der Waals surface area contributed by atoms with Gasteiger partial charge in [-0.3, -0.25) is 0 Å². The SMILES string of the molecule is Cc1cc(CN)cc(N(C)Cc2cccc(F)c2)n1. The first kappa shape index (κ1) is 13.5. The summed E-state index contributed by atoms with van der Waals surface area (Å²) in [4.78, 5) is 6.46. The average Bonchev–Trinajstić information content (AvgIpc) is 2.38. The highest BCUT2D eigenvalue weighted by Crippen LogP contribution is 2.16. The van der Waals surface area contributed by atoms with E-state index in [2.05, 4.69) is 4.98 Å². The van der Waals surface area contributed by atoms with Crippen LogP contribution >= 0.6 is 0 Å². The van der Waals surface area contributed by atoms with Gasteiger partial charge in [0.2, 0.25) is 0 Å². The van der Waals surface area contributed by atoms with Crippen molar-refractivity contribution in [2.75, 3.05) is 11.9 Å². The summed E-state index contributed by atoms with van der Waals surface area (Å²) in [7, 11) is 1.94. The highest BCUT2D eigenvalue weighted by atomic mass is 19.1. The molecule has 0 saturated heterocycles. The molecule has 2 aromatic rings. The Morgan fingerprint density at radius 2 is 2.00 bits per heavy atom. The number of aromatic nitrogens is 1. The van der Waals surface area contributed by atoms with Crippen LogP contribution in [-0.2, 0) is 13.1 Å². The van der Waals surface area contributed by atoms with Crippen molar-refractivity contribution in [1.29, 1.82) is 0 Å². The Morgan fingerprint density at radius 1 is 1.21 bits per heavy atom. The van der Waals surface area contributed by atoms with Gasteiger partial charge < -0.3 is 10.6 Å². The number of nitrogens with two attached hydrogens (primary N) is 1. The minimum absolute atomic E-state index is 0.217. The smallest absolute Gasteiger partial charge is 0.129 e. The van der Waals surface area contributed by atoms with Gasteiger partial charge in [-0.2, -0.15) is 0 Å². The van der Waals surface area contributed by atoms with Gasteiger partial charge in [0.15, 0.2) is 0 Å². The lowest BCUT2D eigenvalue weighted by Crippen LogP contribution is -2.18. The highest BCUT2D eigenvalue weighted by molar-refractivity contribution is 5.42. The molecule has 1 aromatic carbocycles. The fourth-order valence-electron chi connectivity index (χ4n) is 2.02. The van der Waals surface area contributed by atoms with Crippen LogP contribution < -0.4 is 10.6 Å². The van der Waals surface area contributed by atoms with E-state index in [4.69, 9.17) is 5.73 Å². The number of hydrogen-bond acceptors (Lipinski definition) is 3. The molecular formula is C15H18FN3. The Balaban J connectivity index is 2.20. The van der Waals surface area contributed by atoms with Gasteiger partial charge in [-0.1, -0.05) is 12.1 Å². The average molecular weight is 259 g/mol. The van der Waals surface area contributed by atoms with Gasteiger partial charge in [0.1, 0.15) is 11.6 Å². The molecule has 4 heteroatoms. The molecule has 0 saturated carbocycles. The van der Waals surface area contributed by atoms with Crippen LogP contribution in [0, 0.1) is 12.7 Å². The van der Waals surface area contributed by atoms with Crippen LogP contribution in [0.25, 0.3) is 0 Å². The topological polar surface area (TPSA) is 42.1 Å². The molecule has 0 aliphatic heterocycles. The van der Waals surface area contributed by atoms with Crippen LogP contribution in [0.4, 0.5) is 10.2 Å². The lowest BCUT2D eigenvalue weighted by Gasteiger charge is -2.19. The van der Waals surface area contributed by atoms with E-state index in [0.29, 0.717) is 13.1 Å². The summed E-state index contributed by atoms with van der Waals surface area (Å²) >= 11 is 0. The van der Waals surface area contributed by atoms with E-state index in [1.54, 1.807) is 6.07 Å². The van der Waals surface area contributed by atoms with Gasteiger partial charge in [0, 0.05) is 25.8 Å². The molecule has 0 atom stereocenters. The van der Waals surface area contributed by atoms with Crippen LogP contribution in [0.15, 0.2) is 36.4 Å². The molecule has 0 aliphatic carbocycles. The minimum Gasteiger partial charge on any atom is -0.355 e. The number of rotatable bonds is 4. The summed E-state index contributed by atoms with van der Waals surface area (Å²) in [5.74, 6) is 0.635. The number of aryl methyl sites for hydroxylation is 1. The van der Waals surface area contributed by atoms with Crippen molar-refractivity contribution in [3.63, 3.8) is 0 Å². The van der Waals surface area contributed by atoms with Crippen LogP contribution in [0.2, 0.25) is 0 Å². The van der Waals surface area contributed by atoms with E-state index in [1.807, 2.05) is 37.1 Å². The Kier molecular flexibility index (Phi) is 4.12. The van der Waals surface area contributed by atoms with Gasteiger partial charge in [-0.25, -0.2) is 9.37 Å². The molecule has 0 aliphatic rings. The zero-order valence-electron chi connectivity index (χ0n) is 11.2. The van der Waals surface area contributed by atoms with Gasteiger partial charge in [0.05, 0.1) is 0 Å². The number of halogens is 1. The van der Waals surface area contributed by atoms with Gasteiger partial charge >= 0.3 is 0 Å². The van der Waals surface area contributed by atoms with Gasteiger partial charge in [-0.05, 0) is 42.3 Å². The fraction of sp³-hybridized carbons (Fsp3) is 0.267. The summed E-state index contributed by atoms with van der Waals surface area (Å²) in [6.45, 7) is 3.04. The molecule has 2 N–H and O–H groups in total. The van der Waals surface area contributed by atoms with Crippen LogP contribution in [-0.4, -0.2) is 12.0 Å². The van der Waals surface area contributed by atoms with Crippen molar-refractivity contribution in [3.05, 3.63) is 59.0 Å². The summed E-state index contributed by atoms with van der Waals surface area (Å²) in [6.07, 6.45) is 0. The molecule has 0 unspecified atom stereocenters. The summed E-state index contributed by atoms with van der Waals surface area (Å²) in [5, 5.41) is 0. The minimum atomic E-state index is -0.217. The molecule has 100 valence electrons. The van der Waals surface area contributed by atoms with E-state index < -0.39 is 0 Å². The van der Waals surface area contributed by atoms with Crippen molar-refractivity contribution < 1.29 is 4.39 Å². The van der Waals surface area contributed by atoms with Crippen molar-refractivity contribution >= 4 is 5.82 Å². The standard InChI is InChI=1S/C15H18FN3/c1-11-6-13(9-17)8-15(18-11)19(2)10-12-4-3-5-14(16)7-12/h3-8H,9-10,17H2,1-2H3. The summed E-state index contributed by atoms with van der Waals surface area (Å²) in [5.41, 5.74) is 8.56. The maximum absolute atomic E-state index is 13.2. The Hall–Kier alpha value is -1.94. The normalized spacial score (nSPS) is 10.5. The first-order chi connectivity index (χ1) is 9.08. The second-order valence-electron chi connectivity index (χ2n) is 4.67. The Labute approximate surface area is 112 Å². The molecule has 1 aromatic heterocycles. The van der Waals surface area contributed by atoms with Crippen molar-refractivity contribution in [2.45, 2.75) is 20.0 Å².